The lowest BCUT2D eigenvalue weighted by atomic mass is 10.0. The molecule has 1 atom stereocenters. The molecule has 0 saturated carbocycles. The van der Waals surface area contributed by atoms with Crippen LogP contribution in [0.3, 0.4) is 0 Å². The van der Waals surface area contributed by atoms with Gasteiger partial charge in [-0.3, -0.25) is 4.79 Å². The molecule has 5 nitrogen and oxygen atoms in total. The second-order valence-electron chi connectivity index (χ2n) is 3.33. The number of rotatable bonds is 5. The highest BCUT2D eigenvalue weighted by Crippen LogP contribution is 2.39. The number of esters is 1. The van der Waals surface area contributed by atoms with Crippen LogP contribution in [0.15, 0.2) is 0 Å². The molecule has 0 aliphatic carbocycles. The van der Waals surface area contributed by atoms with Crippen LogP contribution in [0.25, 0.3) is 0 Å². The summed E-state index contributed by atoms with van der Waals surface area (Å²) in [5.41, 5.74) is 0. The molecule has 0 saturated heterocycles. The van der Waals surface area contributed by atoms with Crippen molar-refractivity contribution in [2.75, 3.05) is 6.61 Å². The summed E-state index contributed by atoms with van der Waals surface area (Å²) in [6.45, 7) is 2.45. The molecule has 0 heterocycles. The Labute approximate surface area is 101 Å². The molecule has 0 amide bonds. The lowest BCUT2D eigenvalue weighted by Gasteiger charge is -2.06. The lowest BCUT2D eigenvalue weighted by Crippen LogP contribution is -2.05. The highest BCUT2D eigenvalue weighted by molar-refractivity contribution is 7.79. The summed E-state index contributed by atoms with van der Waals surface area (Å²) in [6, 6.07) is 0. The Morgan fingerprint density at radius 2 is 1.88 bits per heavy atom. The van der Waals surface area contributed by atoms with Crippen molar-refractivity contribution < 1.29 is 23.9 Å². The molecule has 1 unspecified atom stereocenters. The van der Waals surface area contributed by atoms with Crippen LogP contribution in [0.4, 0.5) is 0 Å². The van der Waals surface area contributed by atoms with E-state index < -0.39 is 6.95 Å². The molecule has 0 radical (unpaired) electrons. The summed E-state index contributed by atoms with van der Waals surface area (Å²) in [5, 5.41) is 0. The number of halogens is 1. The smallest absolute Gasteiger partial charge is 0.419 e. The van der Waals surface area contributed by atoms with Crippen molar-refractivity contribution >= 4 is 24.2 Å². The second kappa shape index (κ2) is 10.1. The van der Waals surface area contributed by atoms with E-state index in [4.69, 9.17) is 19.1 Å². The molecule has 98 valence electrons. The van der Waals surface area contributed by atoms with Gasteiger partial charge in [0.05, 0.1) is 6.61 Å². The van der Waals surface area contributed by atoms with Crippen molar-refractivity contribution in [1.82, 2.24) is 0 Å². The van der Waals surface area contributed by atoms with Gasteiger partial charge in [0.2, 0.25) is 0 Å². The van der Waals surface area contributed by atoms with Gasteiger partial charge in [0.1, 0.15) is 0 Å². The molecule has 0 bridgehead atoms. The van der Waals surface area contributed by atoms with E-state index in [1.165, 1.54) is 0 Å². The molecule has 0 aliphatic heterocycles. The predicted molar refractivity (Wildman–Crippen MR) is 63.2 cm³/mol. The Kier molecular flexibility index (Phi) is 11.5. The van der Waals surface area contributed by atoms with E-state index in [1.807, 2.05) is 6.92 Å². The van der Waals surface area contributed by atoms with Crippen LogP contribution in [-0.4, -0.2) is 22.4 Å². The Balaban J connectivity index is 0. The van der Waals surface area contributed by atoms with Gasteiger partial charge < -0.3 is 14.5 Å². The standard InChI is InChI=1S/C9H18O2.ClH2O3P/c1-4-8(3)6-7-9(10)11-5-2;1-5(2,3)4/h8H,4-7H2,1-3H3;(H2,2,3,4). The Morgan fingerprint density at radius 1 is 1.44 bits per heavy atom. The van der Waals surface area contributed by atoms with E-state index in [2.05, 4.69) is 25.1 Å². The summed E-state index contributed by atoms with van der Waals surface area (Å²) in [7, 11) is 0. The minimum absolute atomic E-state index is 0.0622. The predicted octanol–water partition coefficient (Wildman–Crippen LogP) is 2.69. The molecule has 0 aliphatic rings. The first-order valence-electron chi connectivity index (χ1n) is 5.11. The van der Waals surface area contributed by atoms with Gasteiger partial charge >= 0.3 is 12.9 Å². The largest absolute Gasteiger partial charge is 0.466 e. The van der Waals surface area contributed by atoms with Gasteiger partial charge in [0.15, 0.2) is 0 Å². The first-order valence-corrected chi connectivity index (χ1v) is 7.63. The minimum atomic E-state index is -4.17. The first kappa shape index (κ1) is 18.3. The SMILES string of the molecule is CCOC(=O)CCC(C)CC.O=P(O)(O)Cl. The van der Waals surface area contributed by atoms with Gasteiger partial charge in [-0.1, -0.05) is 20.3 Å². The minimum Gasteiger partial charge on any atom is -0.466 e. The summed E-state index contributed by atoms with van der Waals surface area (Å²) < 4.78 is 13.9. The highest BCUT2D eigenvalue weighted by Gasteiger charge is 2.04. The number of ether oxygens (including phenoxy) is 1. The average Bonchev–Trinajstić information content (AvgIpc) is 2.12. The molecule has 7 heteroatoms. The first-order chi connectivity index (χ1) is 7.20. The number of hydrogen-bond acceptors (Lipinski definition) is 3. The third-order valence-corrected chi connectivity index (χ3v) is 1.84. The van der Waals surface area contributed by atoms with Crippen LogP contribution in [-0.2, 0) is 14.1 Å². The van der Waals surface area contributed by atoms with Gasteiger partial charge in [-0.05, 0) is 19.3 Å². The zero-order valence-electron chi connectivity index (χ0n) is 9.85. The quantitative estimate of drug-likeness (QED) is 0.595. The molecule has 0 rings (SSSR count). The third-order valence-electron chi connectivity index (χ3n) is 1.84. The van der Waals surface area contributed by atoms with Crippen molar-refractivity contribution in [3.05, 3.63) is 0 Å². The summed E-state index contributed by atoms with van der Waals surface area (Å²) in [4.78, 5) is 25.6. The normalized spacial score (nSPS) is 12.4. The van der Waals surface area contributed by atoms with Crippen molar-refractivity contribution in [2.45, 2.75) is 40.0 Å². The van der Waals surface area contributed by atoms with Crippen LogP contribution in [0.5, 0.6) is 0 Å². The van der Waals surface area contributed by atoms with Gasteiger partial charge in [0.25, 0.3) is 0 Å². The molecule has 0 fully saturated rings. The van der Waals surface area contributed by atoms with E-state index in [-0.39, 0.29) is 5.97 Å². The fraction of sp³-hybridized carbons (Fsp3) is 0.889. The number of carbonyl (C=O) groups is 1. The van der Waals surface area contributed by atoms with Gasteiger partial charge in [-0.25, -0.2) is 4.57 Å². The Hall–Kier alpha value is -0.0900. The molecule has 2 N–H and O–H groups in total. The number of carbonyl (C=O) groups excluding carboxylic acids is 1. The van der Waals surface area contributed by atoms with E-state index in [1.54, 1.807) is 0 Å². The monoisotopic (exact) mass is 274 g/mol. The molecule has 16 heavy (non-hydrogen) atoms. The second-order valence-corrected chi connectivity index (χ2v) is 5.60. The molecule has 0 spiro atoms. The highest BCUT2D eigenvalue weighted by atomic mass is 35.7. The zero-order chi connectivity index (χ0) is 13.2. The van der Waals surface area contributed by atoms with E-state index in [9.17, 15) is 4.79 Å². The fourth-order valence-electron chi connectivity index (χ4n) is 0.802. The van der Waals surface area contributed by atoms with Gasteiger partial charge in [0, 0.05) is 17.7 Å². The Bertz CT molecular complexity index is 220. The average molecular weight is 275 g/mol. The van der Waals surface area contributed by atoms with Crippen molar-refractivity contribution in [1.29, 1.82) is 0 Å². The van der Waals surface area contributed by atoms with Gasteiger partial charge in [-0.2, -0.15) is 0 Å². The molecule has 0 aromatic carbocycles. The maximum Gasteiger partial charge on any atom is 0.419 e. The van der Waals surface area contributed by atoms with E-state index in [0.29, 0.717) is 18.9 Å². The zero-order valence-corrected chi connectivity index (χ0v) is 11.5. The summed E-state index contributed by atoms with van der Waals surface area (Å²) >= 11 is 4.20. The third kappa shape index (κ3) is 23.6. The summed E-state index contributed by atoms with van der Waals surface area (Å²) in [6.07, 6.45) is 2.66. The lowest BCUT2D eigenvalue weighted by molar-refractivity contribution is -0.143. The topological polar surface area (TPSA) is 83.8 Å². The van der Waals surface area contributed by atoms with Crippen LogP contribution in [0, 0.1) is 5.92 Å². The van der Waals surface area contributed by atoms with Crippen LogP contribution in [0.1, 0.15) is 40.0 Å². The maximum atomic E-state index is 10.8. The number of hydrogen-bond donors (Lipinski definition) is 2. The molecule has 0 aromatic heterocycles. The van der Waals surface area contributed by atoms with Crippen LogP contribution >= 0.6 is 18.2 Å². The van der Waals surface area contributed by atoms with Crippen molar-refractivity contribution in [3.8, 4) is 0 Å². The summed E-state index contributed by atoms with van der Waals surface area (Å²) in [5.74, 6) is 0.576. The van der Waals surface area contributed by atoms with Gasteiger partial charge in [-0.15, -0.1) is 0 Å². The van der Waals surface area contributed by atoms with E-state index >= 15 is 0 Å². The van der Waals surface area contributed by atoms with Crippen LogP contribution < -0.4 is 0 Å². The maximum absolute atomic E-state index is 10.8. The molecular formula is C9H20ClO5P. The van der Waals surface area contributed by atoms with Crippen molar-refractivity contribution in [3.63, 3.8) is 0 Å². The Morgan fingerprint density at radius 3 is 2.19 bits per heavy atom. The molecular weight excluding hydrogens is 255 g/mol. The van der Waals surface area contributed by atoms with E-state index in [0.717, 1.165) is 12.8 Å². The molecule has 0 aromatic rings. The van der Waals surface area contributed by atoms with Crippen LogP contribution in [0.2, 0.25) is 0 Å². The fourth-order valence-corrected chi connectivity index (χ4v) is 0.802. The van der Waals surface area contributed by atoms with Crippen molar-refractivity contribution in [2.24, 2.45) is 5.92 Å².